The van der Waals surface area contributed by atoms with E-state index in [-0.39, 0.29) is 31.0 Å². The van der Waals surface area contributed by atoms with Gasteiger partial charge in [-0.05, 0) is 51.7 Å². The molecule has 236 valence electrons. The van der Waals surface area contributed by atoms with Crippen molar-refractivity contribution in [3.05, 3.63) is 63.8 Å². The van der Waals surface area contributed by atoms with Crippen LogP contribution in [0.5, 0.6) is 5.75 Å². The summed E-state index contributed by atoms with van der Waals surface area (Å²) in [5.74, 6) is 0.780. The van der Waals surface area contributed by atoms with Crippen LogP contribution in [0.3, 0.4) is 0 Å². The van der Waals surface area contributed by atoms with Crippen LogP contribution in [-0.2, 0) is 34.0 Å². The van der Waals surface area contributed by atoms with Crippen LogP contribution in [0.1, 0.15) is 37.9 Å². The first-order valence-electron chi connectivity index (χ1n) is 13.9. The Bertz CT molecular complexity index is 1770. The minimum absolute atomic E-state index is 0.00300. The van der Waals surface area contributed by atoms with E-state index in [0.717, 1.165) is 10.4 Å². The SMILES string of the molecule is CC(C)(C)OC(=O)Cn1nc(Cc2nc3cc(OCC(F)F)c(C#N)cc3n2COCCS(C)(C)C)c2ccccc2c1=O. The van der Waals surface area contributed by atoms with Gasteiger partial charge in [0.25, 0.3) is 12.0 Å². The van der Waals surface area contributed by atoms with Crippen molar-refractivity contribution in [1.82, 2.24) is 19.3 Å². The summed E-state index contributed by atoms with van der Waals surface area (Å²) in [6.45, 7) is 4.59. The molecule has 0 radical (unpaired) electrons. The van der Waals surface area contributed by atoms with Crippen molar-refractivity contribution >= 4 is 37.8 Å². The number of hydrogen-bond acceptors (Lipinski definition) is 8. The maximum Gasteiger partial charge on any atom is 0.328 e. The number of benzene rings is 2. The third-order valence-corrected chi connectivity index (χ3v) is 7.83. The summed E-state index contributed by atoms with van der Waals surface area (Å²) >= 11 is 0. The van der Waals surface area contributed by atoms with Crippen molar-refractivity contribution in [2.75, 3.05) is 37.7 Å². The number of ether oxygens (including phenoxy) is 3. The molecule has 0 N–H and O–H groups in total. The summed E-state index contributed by atoms with van der Waals surface area (Å²) < 4.78 is 45.3. The first kappa shape index (κ1) is 32.9. The van der Waals surface area contributed by atoms with Crippen molar-refractivity contribution in [1.29, 1.82) is 5.26 Å². The summed E-state index contributed by atoms with van der Waals surface area (Å²) in [6, 6.07) is 12.0. The molecule has 2 aromatic heterocycles. The predicted molar refractivity (Wildman–Crippen MR) is 167 cm³/mol. The quantitative estimate of drug-likeness (QED) is 0.161. The molecular formula is C31H37F2N5O5S. The molecule has 44 heavy (non-hydrogen) atoms. The molecule has 0 saturated carbocycles. The van der Waals surface area contributed by atoms with Gasteiger partial charge in [-0.1, -0.05) is 18.2 Å². The van der Waals surface area contributed by atoms with E-state index in [4.69, 9.17) is 19.2 Å². The Morgan fingerprint density at radius 3 is 2.48 bits per heavy atom. The Morgan fingerprint density at radius 1 is 1.14 bits per heavy atom. The molecule has 4 rings (SSSR count). The second-order valence-corrected chi connectivity index (χ2v) is 16.7. The van der Waals surface area contributed by atoms with Crippen molar-refractivity contribution in [3.63, 3.8) is 0 Å². The number of alkyl halides is 2. The van der Waals surface area contributed by atoms with Gasteiger partial charge in [0, 0.05) is 17.2 Å². The highest BCUT2D eigenvalue weighted by atomic mass is 32.3. The molecule has 0 aliphatic rings. The molecule has 4 aromatic rings. The molecule has 10 nitrogen and oxygen atoms in total. The fourth-order valence-corrected chi connectivity index (χ4v) is 5.11. The third kappa shape index (κ3) is 8.33. The Balaban J connectivity index is 1.80. The fourth-order valence-electron chi connectivity index (χ4n) is 4.49. The molecule has 0 amide bonds. The smallest absolute Gasteiger partial charge is 0.328 e. The van der Waals surface area contributed by atoms with Gasteiger partial charge in [0.05, 0.1) is 40.7 Å². The van der Waals surface area contributed by atoms with E-state index in [9.17, 15) is 23.6 Å². The Hall–Kier alpha value is -4.02. The predicted octanol–water partition coefficient (Wildman–Crippen LogP) is 4.86. The van der Waals surface area contributed by atoms with E-state index in [1.54, 1.807) is 55.7 Å². The van der Waals surface area contributed by atoms with E-state index >= 15 is 0 Å². The van der Waals surface area contributed by atoms with Crippen LogP contribution >= 0.6 is 10.0 Å². The Kier molecular flexibility index (Phi) is 9.95. The first-order chi connectivity index (χ1) is 20.6. The minimum Gasteiger partial charge on any atom is -0.486 e. The van der Waals surface area contributed by atoms with Crippen LogP contribution in [0.4, 0.5) is 8.78 Å². The first-order valence-corrected chi connectivity index (χ1v) is 17.0. The summed E-state index contributed by atoms with van der Waals surface area (Å²) in [5, 5.41) is 15.3. The molecule has 0 aliphatic carbocycles. The number of nitrogens with zero attached hydrogens (tertiary/aromatic N) is 5. The highest BCUT2D eigenvalue weighted by Crippen LogP contribution is 2.34. The molecular weight excluding hydrogens is 592 g/mol. The highest BCUT2D eigenvalue weighted by Gasteiger charge is 2.22. The molecule has 2 heterocycles. The second-order valence-electron chi connectivity index (χ2n) is 12.2. The number of rotatable bonds is 12. The Labute approximate surface area is 255 Å². The van der Waals surface area contributed by atoms with Crippen molar-refractivity contribution < 1.29 is 27.8 Å². The Morgan fingerprint density at radius 2 is 1.84 bits per heavy atom. The molecule has 0 unspecified atom stereocenters. The lowest BCUT2D eigenvalue weighted by atomic mass is 10.1. The number of imidazole rings is 1. The van der Waals surface area contributed by atoms with Crippen LogP contribution in [0.2, 0.25) is 0 Å². The lowest BCUT2D eigenvalue weighted by Crippen LogP contribution is -2.32. The number of hydrogen-bond donors (Lipinski definition) is 0. The molecule has 0 spiro atoms. The number of fused-ring (bicyclic) bond motifs is 2. The summed E-state index contributed by atoms with van der Waals surface area (Å²) in [4.78, 5) is 30.7. The van der Waals surface area contributed by atoms with Crippen LogP contribution in [-0.4, -0.2) is 75.1 Å². The fraction of sp³-hybridized carbons (Fsp3) is 0.452. The van der Waals surface area contributed by atoms with Gasteiger partial charge in [-0.25, -0.2) is 28.5 Å². The largest absolute Gasteiger partial charge is 0.486 e. The van der Waals surface area contributed by atoms with Crippen LogP contribution in [0, 0.1) is 11.3 Å². The van der Waals surface area contributed by atoms with E-state index in [0.29, 0.717) is 39.9 Å². The number of esters is 1. The molecule has 13 heteroatoms. The number of halogens is 2. The van der Waals surface area contributed by atoms with E-state index in [1.807, 2.05) is 6.07 Å². The third-order valence-electron chi connectivity index (χ3n) is 6.44. The number of nitriles is 1. The molecule has 0 atom stereocenters. The highest BCUT2D eigenvalue weighted by molar-refractivity contribution is 8.32. The maximum absolute atomic E-state index is 13.3. The van der Waals surface area contributed by atoms with Gasteiger partial charge >= 0.3 is 5.97 Å². The molecule has 0 fully saturated rings. The van der Waals surface area contributed by atoms with Gasteiger partial charge in [0.1, 0.15) is 43.1 Å². The normalized spacial score (nSPS) is 12.5. The van der Waals surface area contributed by atoms with Gasteiger partial charge in [-0.2, -0.15) is 10.4 Å². The van der Waals surface area contributed by atoms with Gasteiger partial charge in [-0.3, -0.25) is 9.59 Å². The average Bonchev–Trinajstić information content (AvgIpc) is 3.25. The lowest BCUT2D eigenvalue weighted by molar-refractivity contribution is -0.155. The molecule has 0 aliphatic heterocycles. The summed E-state index contributed by atoms with van der Waals surface area (Å²) in [5.41, 5.74) is 0.361. The number of carbonyl (C=O) groups excluding carboxylic acids is 1. The van der Waals surface area contributed by atoms with E-state index in [2.05, 4.69) is 23.9 Å². The standard InChI is InChI=1S/C31H37F2N5O5S/c1-31(2,3)43-29(39)17-38-30(40)22-10-8-7-9-21(22)23(36-38)15-28-35-24-14-26(42-18-27(32)33)20(16-34)13-25(24)37(28)19-41-11-12-44(4,5)6/h7-10,13-14,27H,11-12,15,17-19H2,1-6H3. The maximum atomic E-state index is 13.3. The topological polar surface area (TPSA) is 121 Å². The van der Waals surface area contributed by atoms with Gasteiger partial charge in [-0.15, -0.1) is 0 Å². The van der Waals surface area contributed by atoms with Crippen molar-refractivity contribution in [3.8, 4) is 11.8 Å². The van der Waals surface area contributed by atoms with Gasteiger partial charge in [0.15, 0.2) is 0 Å². The summed E-state index contributed by atoms with van der Waals surface area (Å²) in [7, 11) is -0.802. The second kappa shape index (κ2) is 13.3. The van der Waals surface area contributed by atoms with Gasteiger partial charge in [0.2, 0.25) is 0 Å². The van der Waals surface area contributed by atoms with E-state index in [1.165, 1.54) is 6.07 Å². The van der Waals surface area contributed by atoms with Crippen LogP contribution < -0.4 is 10.3 Å². The minimum atomic E-state index is -2.71. The van der Waals surface area contributed by atoms with E-state index < -0.39 is 40.2 Å². The zero-order chi connectivity index (χ0) is 32.2. The zero-order valence-corrected chi connectivity index (χ0v) is 26.5. The van der Waals surface area contributed by atoms with Crippen molar-refractivity contribution in [2.45, 2.75) is 52.5 Å². The summed E-state index contributed by atoms with van der Waals surface area (Å²) in [6.07, 6.45) is 4.00. The van der Waals surface area contributed by atoms with Gasteiger partial charge < -0.3 is 18.8 Å². The number of aromatic nitrogens is 4. The van der Waals surface area contributed by atoms with Crippen molar-refractivity contribution in [2.24, 2.45) is 0 Å². The van der Waals surface area contributed by atoms with Crippen LogP contribution in [0.15, 0.2) is 41.2 Å². The molecule has 0 saturated heterocycles. The number of carbonyl (C=O) groups is 1. The lowest BCUT2D eigenvalue weighted by Gasteiger charge is -2.24. The average molecular weight is 630 g/mol. The van der Waals surface area contributed by atoms with Crippen LogP contribution in [0.25, 0.3) is 21.8 Å². The molecule has 2 aromatic carbocycles. The molecule has 0 bridgehead atoms. The zero-order valence-electron chi connectivity index (χ0n) is 25.7. The monoisotopic (exact) mass is 629 g/mol.